The van der Waals surface area contributed by atoms with Gasteiger partial charge in [-0.15, -0.1) is 0 Å². The van der Waals surface area contributed by atoms with E-state index in [1.807, 2.05) is 0 Å². The summed E-state index contributed by atoms with van der Waals surface area (Å²) >= 11 is 0. The van der Waals surface area contributed by atoms with Crippen molar-refractivity contribution in [3.8, 4) is 11.5 Å². The molecule has 3 rings (SSSR count). The monoisotopic (exact) mass is 378 g/mol. The van der Waals surface area contributed by atoms with Gasteiger partial charge in [0.1, 0.15) is 6.61 Å². The lowest BCUT2D eigenvalue weighted by atomic mass is 10.1. The number of cyclic esters (lactones) is 1. The molecule has 1 fully saturated rings. The quantitative estimate of drug-likeness (QED) is 0.833. The van der Waals surface area contributed by atoms with Crippen molar-refractivity contribution in [1.29, 1.82) is 0 Å². The number of benzene rings is 2. The molecule has 27 heavy (non-hydrogen) atoms. The number of halogens is 2. The van der Waals surface area contributed by atoms with E-state index in [0.717, 1.165) is 0 Å². The lowest BCUT2D eigenvalue weighted by Gasteiger charge is -2.14. The fraction of sp³-hybridized carbons (Fsp3) is 0.222. The van der Waals surface area contributed by atoms with Crippen LogP contribution < -0.4 is 19.7 Å². The summed E-state index contributed by atoms with van der Waals surface area (Å²) in [7, 11) is 1.32. The molecule has 2 aromatic carbocycles. The van der Waals surface area contributed by atoms with Crippen LogP contribution in [0.4, 0.5) is 25.0 Å². The molecule has 1 aliphatic heterocycles. The molecule has 0 spiro atoms. The third kappa shape index (κ3) is 4.25. The standard InChI is InChI=1S/C18H16F2N2O5/c1-25-14-7-4-12(10-15(14)27-17(19)20)21-16(23)11-2-5-13(6-3-11)22-8-9-26-18(22)24/h2-7,10,17H,8-9H2,1H3,(H,21,23). The molecule has 1 saturated heterocycles. The molecule has 1 heterocycles. The first-order valence-electron chi connectivity index (χ1n) is 7.96. The smallest absolute Gasteiger partial charge is 0.414 e. The van der Waals surface area contributed by atoms with E-state index in [1.165, 1.54) is 30.2 Å². The Labute approximate surface area is 153 Å². The number of amides is 2. The lowest BCUT2D eigenvalue weighted by molar-refractivity contribution is -0.0511. The summed E-state index contributed by atoms with van der Waals surface area (Å²) in [6.07, 6.45) is -0.433. The van der Waals surface area contributed by atoms with Gasteiger partial charge in [-0.3, -0.25) is 9.69 Å². The van der Waals surface area contributed by atoms with Gasteiger partial charge < -0.3 is 19.5 Å². The number of methoxy groups -OCH3 is 1. The number of nitrogens with one attached hydrogen (secondary N) is 1. The molecule has 0 radical (unpaired) electrons. The summed E-state index contributed by atoms with van der Waals surface area (Å²) < 4.78 is 39.2. The maximum absolute atomic E-state index is 12.5. The van der Waals surface area contributed by atoms with Crippen molar-refractivity contribution in [2.75, 3.05) is 30.5 Å². The van der Waals surface area contributed by atoms with Crippen molar-refractivity contribution >= 4 is 23.4 Å². The Kier molecular flexibility index (Phi) is 5.39. The van der Waals surface area contributed by atoms with Gasteiger partial charge in [-0.05, 0) is 36.4 Å². The lowest BCUT2D eigenvalue weighted by Crippen LogP contribution is -2.23. The van der Waals surface area contributed by atoms with Crippen LogP contribution in [0.3, 0.4) is 0 Å². The van der Waals surface area contributed by atoms with Crippen LogP contribution in [0.25, 0.3) is 0 Å². The van der Waals surface area contributed by atoms with Crippen molar-refractivity contribution in [2.45, 2.75) is 6.61 Å². The average molecular weight is 378 g/mol. The van der Waals surface area contributed by atoms with Crippen molar-refractivity contribution in [3.63, 3.8) is 0 Å². The Bertz CT molecular complexity index is 842. The van der Waals surface area contributed by atoms with E-state index in [0.29, 0.717) is 24.4 Å². The minimum atomic E-state index is -3.02. The topological polar surface area (TPSA) is 77.1 Å². The SMILES string of the molecule is COc1ccc(NC(=O)c2ccc(N3CCOC3=O)cc2)cc1OC(F)F. The van der Waals surface area contributed by atoms with Gasteiger partial charge in [0, 0.05) is 23.0 Å². The second-order valence-electron chi connectivity index (χ2n) is 5.51. The number of nitrogens with zero attached hydrogens (tertiary/aromatic N) is 1. The molecule has 9 heteroatoms. The van der Waals surface area contributed by atoms with Crippen LogP contribution in [0.5, 0.6) is 11.5 Å². The molecule has 0 aliphatic carbocycles. The number of alkyl halides is 2. The van der Waals surface area contributed by atoms with Crippen molar-refractivity contribution in [1.82, 2.24) is 0 Å². The first-order chi connectivity index (χ1) is 13.0. The Hall–Kier alpha value is -3.36. The molecule has 0 atom stereocenters. The summed E-state index contributed by atoms with van der Waals surface area (Å²) in [5, 5.41) is 2.60. The van der Waals surface area contributed by atoms with Gasteiger partial charge in [-0.25, -0.2) is 4.79 Å². The molecule has 1 aliphatic rings. The number of anilines is 2. The van der Waals surface area contributed by atoms with Gasteiger partial charge in [-0.1, -0.05) is 0 Å². The Balaban J connectivity index is 1.72. The highest BCUT2D eigenvalue weighted by molar-refractivity contribution is 6.04. The first-order valence-corrected chi connectivity index (χ1v) is 7.96. The predicted octanol–water partition coefficient (Wildman–Crippen LogP) is 3.51. The maximum Gasteiger partial charge on any atom is 0.414 e. The van der Waals surface area contributed by atoms with Crippen molar-refractivity contribution in [3.05, 3.63) is 48.0 Å². The Morgan fingerprint density at radius 3 is 2.52 bits per heavy atom. The molecule has 1 N–H and O–H groups in total. The fourth-order valence-corrected chi connectivity index (χ4v) is 2.57. The number of carbonyl (C=O) groups excluding carboxylic acids is 2. The number of carbonyl (C=O) groups is 2. The third-order valence-corrected chi connectivity index (χ3v) is 3.84. The second-order valence-corrected chi connectivity index (χ2v) is 5.51. The van der Waals surface area contributed by atoms with Crippen molar-refractivity contribution < 1.29 is 32.6 Å². The van der Waals surface area contributed by atoms with Gasteiger partial charge in [0.2, 0.25) is 0 Å². The average Bonchev–Trinajstić information content (AvgIpc) is 3.07. The van der Waals surface area contributed by atoms with Crippen LogP contribution >= 0.6 is 0 Å². The Morgan fingerprint density at radius 1 is 1.19 bits per heavy atom. The maximum atomic E-state index is 12.5. The highest BCUT2D eigenvalue weighted by Gasteiger charge is 2.23. The van der Waals surface area contributed by atoms with Gasteiger partial charge in [0.25, 0.3) is 5.91 Å². The van der Waals surface area contributed by atoms with E-state index in [2.05, 4.69) is 10.1 Å². The fourth-order valence-electron chi connectivity index (χ4n) is 2.57. The predicted molar refractivity (Wildman–Crippen MR) is 92.7 cm³/mol. The first kappa shape index (κ1) is 18.4. The largest absolute Gasteiger partial charge is 0.493 e. The van der Waals surface area contributed by atoms with Crippen LogP contribution in [-0.4, -0.2) is 38.9 Å². The van der Waals surface area contributed by atoms with Crippen LogP contribution in [0.15, 0.2) is 42.5 Å². The zero-order valence-electron chi connectivity index (χ0n) is 14.3. The van der Waals surface area contributed by atoms with E-state index in [-0.39, 0.29) is 17.2 Å². The van der Waals surface area contributed by atoms with Crippen LogP contribution in [0, 0.1) is 0 Å². The molecule has 142 valence electrons. The van der Waals surface area contributed by atoms with Crippen LogP contribution in [0.1, 0.15) is 10.4 Å². The molecule has 2 aromatic rings. The van der Waals surface area contributed by atoms with Gasteiger partial charge in [0.05, 0.1) is 13.7 Å². The number of hydrogen-bond donors (Lipinski definition) is 1. The molecule has 2 amide bonds. The van der Waals surface area contributed by atoms with E-state index < -0.39 is 18.6 Å². The summed E-state index contributed by atoms with van der Waals surface area (Å²) in [5.41, 5.74) is 1.22. The van der Waals surface area contributed by atoms with E-state index in [1.54, 1.807) is 24.3 Å². The number of rotatable bonds is 6. The van der Waals surface area contributed by atoms with Crippen LogP contribution in [0.2, 0.25) is 0 Å². The van der Waals surface area contributed by atoms with Gasteiger partial charge >= 0.3 is 12.7 Å². The highest BCUT2D eigenvalue weighted by atomic mass is 19.3. The third-order valence-electron chi connectivity index (χ3n) is 3.84. The number of ether oxygens (including phenoxy) is 3. The molecular formula is C18H16F2N2O5. The number of hydrogen-bond acceptors (Lipinski definition) is 5. The minimum absolute atomic E-state index is 0.121. The molecular weight excluding hydrogens is 362 g/mol. The van der Waals surface area contributed by atoms with Crippen LogP contribution in [-0.2, 0) is 4.74 Å². The zero-order valence-corrected chi connectivity index (χ0v) is 14.3. The zero-order chi connectivity index (χ0) is 19.4. The van der Waals surface area contributed by atoms with Gasteiger partial charge in [0.15, 0.2) is 11.5 Å². The van der Waals surface area contributed by atoms with Crippen molar-refractivity contribution in [2.24, 2.45) is 0 Å². The highest BCUT2D eigenvalue weighted by Crippen LogP contribution is 2.31. The van der Waals surface area contributed by atoms with E-state index >= 15 is 0 Å². The molecule has 7 nitrogen and oxygen atoms in total. The summed E-state index contributed by atoms with van der Waals surface area (Å²) in [6, 6.07) is 10.5. The molecule has 0 aromatic heterocycles. The van der Waals surface area contributed by atoms with Gasteiger partial charge in [-0.2, -0.15) is 8.78 Å². The van der Waals surface area contributed by atoms with E-state index in [9.17, 15) is 18.4 Å². The normalized spacial score (nSPS) is 13.5. The second kappa shape index (κ2) is 7.90. The molecule has 0 saturated carbocycles. The minimum Gasteiger partial charge on any atom is -0.493 e. The van der Waals surface area contributed by atoms with E-state index in [4.69, 9.17) is 9.47 Å². The summed E-state index contributed by atoms with van der Waals surface area (Å²) in [5.74, 6) is -0.512. The summed E-state index contributed by atoms with van der Waals surface area (Å²) in [6.45, 7) is -2.25. The molecule has 0 unspecified atom stereocenters. The summed E-state index contributed by atoms with van der Waals surface area (Å²) in [4.78, 5) is 25.4. The Morgan fingerprint density at radius 2 is 1.93 bits per heavy atom. The molecule has 0 bridgehead atoms.